The predicted molar refractivity (Wildman–Crippen MR) is 147 cm³/mol. The standard InChI is InChI=1S/C25H31N5O5.2ClH/c31-24-18-3-6-30(33)17-19(18)25(32)23-21(27-5-8-29-11-15-35-16-12-29)2-1-20(22(23)24)26-4-7-28-9-13-34-14-10-28;;/h1-3,6,17,31,33H,4-5,7-16H2;2*1H. The highest BCUT2D eigenvalue weighted by Gasteiger charge is 2.29. The van der Waals surface area contributed by atoms with E-state index in [-0.39, 0.29) is 41.6 Å². The number of halogens is 2. The lowest BCUT2D eigenvalue weighted by atomic mass is 9.86. The molecule has 0 saturated carbocycles. The van der Waals surface area contributed by atoms with E-state index >= 15 is 0 Å². The second-order valence-electron chi connectivity index (χ2n) is 8.86. The zero-order valence-electron chi connectivity index (χ0n) is 20.5. The Kier molecular flexibility index (Phi) is 10.5. The Labute approximate surface area is 228 Å². The zero-order valence-corrected chi connectivity index (χ0v) is 22.2. The van der Waals surface area contributed by atoms with E-state index in [9.17, 15) is 15.1 Å². The summed E-state index contributed by atoms with van der Waals surface area (Å²) in [6.45, 7) is 8.97. The number of ether oxygens (including phenoxy) is 2. The van der Waals surface area contributed by atoms with Gasteiger partial charge in [0.25, 0.3) is 0 Å². The molecule has 5 aliphatic rings. The molecular weight excluding hydrogens is 521 g/mol. The molecule has 0 bridgehead atoms. The van der Waals surface area contributed by atoms with Crippen molar-refractivity contribution in [1.82, 2.24) is 14.5 Å². The first kappa shape index (κ1) is 29.1. The van der Waals surface area contributed by atoms with Crippen molar-refractivity contribution in [1.29, 1.82) is 0 Å². The maximum Gasteiger partial charge on any atom is 0.198 e. The Morgan fingerprint density at radius 1 is 0.811 bits per heavy atom. The molecule has 12 heteroatoms. The molecule has 0 radical (unpaired) electrons. The van der Waals surface area contributed by atoms with Gasteiger partial charge in [0.05, 0.1) is 73.8 Å². The Morgan fingerprint density at radius 3 is 1.86 bits per heavy atom. The van der Waals surface area contributed by atoms with Crippen LogP contribution < -0.4 is 5.43 Å². The third-order valence-corrected chi connectivity index (χ3v) is 6.67. The van der Waals surface area contributed by atoms with Gasteiger partial charge in [0.2, 0.25) is 0 Å². The summed E-state index contributed by atoms with van der Waals surface area (Å²) >= 11 is 0. The van der Waals surface area contributed by atoms with Crippen LogP contribution in [-0.2, 0) is 9.47 Å². The molecule has 2 aliphatic carbocycles. The maximum atomic E-state index is 13.6. The number of fused-ring (bicyclic) bond motifs is 2. The first-order valence-corrected chi connectivity index (χ1v) is 12.1. The number of hydrogen-bond acceptors (Lipinski definition) is 9. The smallest absolute Gasteiger partial charge is 0.198 e. The number of aromatic nitrogens is 1. The second-order valence-corrected chi connectivity index (χ2v) is 8.86. The van der Waals surface area contributed by atoms with E-state index in [4.69, 9.17) is 19.5 Å². The molecule has 0 atom stereocenters. The van der Waals surface area contributed by atoms with Crippen molar-refractivity contribution in [3.05, 3.63) is 52.0 Å². The highest BCUT2D eigenvalue weighted by Crippen LogP contribution is 2.35. The Morgan fingerprint density at radius 2 is 1.32 bits per heavy atom. The number of aliphatic imine (C=N–C) groups is 2. The molecule has 0 aromatic heterocycles. The lowest BCUT2D eigenvalue weighted by molar-refractivity contribution is 0.0394. The quantitative estimate of drug-likeness (QED) is 0.522. The molecule has 0 aromatic rings. The van der Waals surface area contributed by atoms with Gasteiger partial charge in [0, 0.05) is 51.0 Å². The number of allylic oxidation sites excluding steroid dienone is 2. The molecule has 0 amide bonds. The van der Waals surface area contributed by atoms with Crippen LogP contribution in [0.3, 0.4) is 0 Å². The first-order valence-electron chi connectivity index (χ1n) is 12.1. The lowest BCUT2D eigenvalue weighted by Crippen LogP contribution is -2.38. The maximum absolute atomic E-state index is 13.6. The van der Waals surface area contributed by atoms with Gasteiger partial charge in [-0.05, 0) is 18.2 Å². The molecule has 0 aromatic carbocycles. The van der Waals surface area contributed by atoms with E-state index in [2.05, 4.69) is 9.80 Å². The minimum Gasteiger partial charge on any atom is -0.507 e. The minimum atomic E-state index is -0.286. The van der Waals surface area contributed by atoms with Crippen LogP contribution in [0.1, 0.15) is 11.1 Å². The van der Waals surface area contributed by atoms with E-state index < -0.39 is 0 Å². The third-order valence-electron chi connectivity index (χ3n) is 6.67. The van der Waals surface area contributed by atoms with Gasteiger partial charge < -0.3 is 19.8 Å². The van der Waals surface area contributed by atoms with Crippen molar-refractivity contribution in [2.45, 2.75) is 0 Å². The van der Waals surface area contributed by atoms with Crippen molar-refractivity contribution in [2.24, 2.45) is 9.98 Å². The third kappa shape index (κ3) is 6.51. The summed E-state index contributed by atoms with van der Waals surface area (Å²) in [5.74, 6) is -0.0226. The van der Waals surface area contributed by atoms with Crippen LogP contribution in [0.4, 0.5) is 0 Å². The largest absolute Gasteiger partial charge is 0.507 e. The average molecular weight is 554 g/mol. The van der Waals surface area contributed by atoms with Crippen LogP contribution in [-0.4, -0.2) is 115 Å². The van der Waals surface area contributed by atoms with Crippen LogP contribution in [0.25, 0.3) is 11.1 Å². The van der Waals surface area contributed by atoms with Gasteiger partial charge in [-0.1, -0.05) is 0 Å². The normalized spacial score (nSPS) is 20.5. The number of pyridine rings is 1. The molecule has 0 spiro atoms. The molecule has 202 valence electrons. The van der Waals surface area contributed by atoms with Crippen LogP contribution in [0.2, 0.25) is 0 Å². The number of phenolic OH excluding ortho intramolecular Hbond substituents is 1. The van der Waals surface area contributed by atoms with Gasteiger partial charge in [-0.3, -0.25) is 24.6 Å². The topological polar surface area (TPSA) is 112 Å². The summed E-state index contributed by atoms with van der Waals surface area (Å²) in [6.07, 6.45) is 6.34. The molecule has 5 rings (SSSR count). The molecule has 10 nitrogen and oxygen atoms in total. The monoisotopic (exact) mass is 553 g/mol. The van der Waals surface area contributed by atoms with Gasteiger partial charge in [0.1, 0.15) is 5.75 Å². The summed E-state index contributed by atoms with van der Waals surface area (Å²) < 4.78 is 11.6. The fraction of sp³-hybridized carbons (Fsp3) is 0.480. The number of nitrogens with zero attached hydrogens (tertiary/aromatic N) is 5. The number of aromatic hydroxyl groups is 1. The Balaban J connectivity index is 0.00000190. The number of rotatable bonds is 6. The lowest BCUT2D eigenvalue weighted by Gasteiger charge is -2.26. The number of benzene rings is 1. The first-order chi connectivity index (χ1) is 17.1. The SMILES string of the molecule is Cl.Cl.O=c1c2cn(O)ccc-2c(O)c2c1C(=NCCN1CCOCC1)C=CC2=NCCN1CCOCC1. The fourth-order valence-electron chi connectivity index (χ4n) is 4.73. The predicted octanol–water partition coefficient (Wildman–Crippen LogP) is 1.55. The number of phenols is 1. The molecule has 0 unspecified atom stereocenters. The molecule has 37 heavy (non-hydrogen) atoms. The zero-order chi connectivity index (χ0) is 24.2. The van der Waals surface area contributed by atoms with E-state index in [1.54, 1.807) is 6.08 Å². The van der Waals surface area contributed by atoms with Gasteiger partial charge in [-0.25, -0.2) is 4.73 Å². The Bertz CT molecular complexity index is 1190. The van der Waals surface area contributed by atoms with Crippen LogP contribution in [0.5, 0.6) is 5.75 Å². The molecule has 3 aliphatic heterocycles. The molecule has 3 heterocycles. The summed E-state index contributed by atoms with van der Waals surface area (Å²) in [5, 5.41) is 21.1. The molecular formula is C25H33Cl2N5O5. The summed E-state index contributed by atoms with van der Waals surface area (Å²) in [6, 6.07) is 1.53. The van der Waals surface area contributed by atoms with Crippen LogP contribution >= 0.6 is 24.8 Å². The van der Waals surface area contributed by atoms with E-state index in [1.807, 2.05) is 6.08 Å². The highest BCUT2D eigenvalue weighted by atomic mass is 35.5. The molecule has 2 N–H and O–H groups in total. The van der Waals surface area contributed by atoms with Crippen molar-refractivity contribution >= 4 is 36.2 Å². The van der Waals surface area contributed by atoms with Crippen LogP contribution in [0.15, 0.2) is 45.4 Å². The number of hydrogen-bond donors (Lipinski definition) is 2. The average Bonchev–Trinajstić information content (AvgIpc) is 2.89. The summed E-state index contributed by atoms with van der Waals surface area (Å²) in [7, 11) is 0. The van der Waals surface area contributed by atoms with Crippen molar-refractivity contribution in [3.63, 3.8) is 0 Å². The summed E-state index contributed by atoms with van der Waals surface area (Å²) in [4.78, 5) is 27.6. The van der Waals surface area contributed by atoms with E-state index in [0.717, 1.165) is 70.4 Å². The van der Waals surface area contributed by atoms with Crippen molar-refractivity contribution < 1.29 is 19.8 Å². The highest BCUT2D eigenvalue weighted by molar-refractivity contribution is 6.27. The van der Waals surface area contributed by atoms with Crippen molar-refractivity contribution in [2.75, 3.05) is 78.8 Å². The van der Waals surface area contributed by atoms with E-state index in [0.29, 0.717) is 41.2 Å². The fourth-order valence-corrected chi connectivity index (χ4v) is 4.73. The molecule has 2 saturated heterocycles. The molecule has 2 fully saturated rings. The summed E-state index contributed by atoms with van der Waals surface area (Å²) in [5.41, 5.74) is 2.15. The van der Waals surface area contributed by atoms with Crippen LogP contribution in [0, 0.1) is 0 Å². The van der Waals surface area contributed by atoms with Gasteiger partial charge in [-0.2, -0.15) is 0 Å². The number of morpholine rings is 2. The van der Waals surface area contributed by atoms with Gasteiger partial charge >= 0.3 is 0 Å². The van der Waals surface area contributed by atoms with Gasteiger partial charge in [-0.15, -0.1) is 24.8 Å². The second kappa shape index (κ2) is 13.4. The van der Waals surface area contributed by atoms with E-state index in [1.165, 1.54) is 18.5 Å². The minimum absolute atomic E-state index is 0. The Hall–Kier alpha value is -2.47. The van der Waals surface area contributed by atoms with Gasteiger partial charge in [0.15, 0.2) is 5.43 Å². The van der Waals surface area contributed by atoms with Crippen molar-refractivity contribution in [3.8, 4) is 16.9 Å².